The average Bonchev–Trinajstić information content (AvgIpc) is 3.29. The SMILES string of the molecule is CCCC(=O)Oc1ccc2c3c(c4cc(OC)c(OC)cc4c2c1)CN1CCC[C@H]1C3.CS(=O)(=O)O. The first-order chi connectivity index (χ1) is 17.1. The molecule has 0 aliphatic carbocycles. The number of carbonyl (C=O) groups excluding carboxylic acids is 1. The number of rotatable bonds is 5. The minimum atomic E-state index is -3.67. The first-order valence-corrected chi connectivity index (χ1v) is 14.0. The maximum absolute atomic E-state index is 12.1. The Labute approximate surface area is 211 Å². The Balaban J connectivity index is 0.000000556. The normalized spacial score (nSPS) is 17.2. The Kier molecular flexibility index (Phi) is 7.73. The summed E-state index contributed by atoms with van der Waals surface area (Å²) in [4.78, 5) is 14.7. The molecule has 0 spiro atoms. The van der Waals surface area contributed by atoms with Crippen molar-refractivity contribution >= 4 is 37.6 Å². The third-order valence-corrected chi connectivity index (χ3v) is 6.81. The fourth-order valence-corrected chi connectivity index (χ4v) is 5.32. The van der Waals surface area contributed by atoms with Gasteiger partial charge in [0.25, 0.3) is 10.1 Å². The summed E-state index contributed by atoms with van der Waals surface area (Å²) >= 11 is 0. The van der Waals surface area contributed by atoms with Crippen molar-refractivity contribution in [2.75, 3.05) is 27.0 Å². The number of carbonyl (C=O) groups is 1. The second-order valence-electron chi connectivity index (χ2n) is 9.35. The molecule has 3 aromatic carbocycles. The van der Waals surface area contributed by atoms with Gasteiger partial charge in [0, 0.05) is 19.0 Å². The lowest BCUT2D eigenvalue weighted by atomic mass is 9.85. The molecule has 0 radical (unpaired) electrons. The van der Waals surface area contributed by atoms with E-state index < -0.39 is 10.1 Å². The molecule has 194 valence electrons. The molecule has 1 N–H and O–H groups in total. The molecule has 9 heteroatoms. The van der Waals surface area contributed by atoms with Gasteiger partial charge >= 0.3 is 5.97 Å². The van der Waals surface area contributed by atoms with E-state index in [1.807, 2.05) is 19.1 Å². The van der Waals surface area contributed by atoms with E-state index >= 15 is 0 Å². The highest BCUT2D eigenvalue weighted by Gasteiger charge is 2.32. The molecule has 1 atom stereocenters. The molecule has 2 aliphatic heterocycles. The topological polar surface area (TPSA) is 102 Å². The number of hydrogen-bond donors (Lipinski definition) is 1. The molecule has 0 unspecified atom stereocenters. The molecule has 0 amide bonds. The lowest BCUT2D eigenvalue weighted by Gasteiger charge is -2.33. The largest absolute Gasteiger partial charge is 0.493 e. The van der Waals surface area contributed by atoms with Crippen LogP contribution >= 0.6 is 0 Å². The van der Waals surface area contributed by atoms with Gasteiger partial charge in [-0.3, -0.25) is 14.2 Å². The standard InChI is InChI=1S/C26H29NO4.CH4O3S/c1-4-6-26(28)31-17-8-9-18-19-11-16-7-5-10-27(16)15-23(19)22-14-25(30-3)24(29-2)13-21(22)20(18)12-17;1-5(2,3)4/h8-9,12-14,16H,4-7,10-11,15H2,1-3H3;1H3,(H,2,3,4)/t16-;/m0./s1. The van der Waals surface area contributed by atoms with E-state index in [0.717, 1.165) is 35.9 Å². The van der Waals surface area contributed by atoms with Gasteiger partial charge in [-0.25, -0.2) is 0 Å². The van der Waals surface area contributed by atoms with Gasteiger partial charge in [-0.15, -0.1) is 0 Å². The Bertz CT molecular complexity index is 1390. The van der Waals surface area contributed by atoms with E-state index in [-0.39, 0.29) is 5.97 Å². The Morgan fingerprint density at radius 3 is 2.31 bits per heavy atom. The van der Waals surface area contributed by atoms with Crippen molar-refractivity contribution in [3.63, 3.8) is 0 Å². The molecule has 0 aromatic heterocycles. The van der Waals surface area contributed by atoms with Crippen LogP contribution in [0.2, 0.25) is 0 Å². The Hall–Kier alpha value is -2.88. The molecule has 1 saturated heterocycles. The average molecular weight is 516 g/mol. The second-order valence-corrected chi connectivity index (χ2v) is 10.8. The summed E-state index contributed by atoms with van der Waals surface area (Å²) in [6.45, 7) is 4.12. The van der Waals surface area contributed by atoms with Crippen LogP contribution in [0.1, 0.15) is 43.7 Å². The minimum absolute atomic E-state index is 0.190. The molecular weight excluding hydrogens is 482 g/mol. The van der Waals surface area contributed by atoms with Gasteiger partial charge in [-0.1, -0.05) is 13.0 Å². The van der Waals surface area contributed by atoms with Gasteiger partial charge in [0.05, 0.1) is 20.5 Å². The van der Waals surface area contributed by atoms with Crippen molar-refractivity contribution in [1.29, 1.82) is 0 Å². The highest BCUT2D eigenvalue weighted by Crippen LogP contribution is 2.44. The summed E-state index contributed by atoms with van der Waals surface area (Å²) < 4.78 is 42.7. The van der Waals surface area contributed by atoms with Crippen molar-refractivity contribution in [2.45, 2.75) is 51.6 Å². The van der Waals surface area contributed by atoms with Gasteiger partial charge in [-0.05, 0) is 89.2 Å². The fourth-order valence-electron chi connectivity index (χ4n) is 5.32. The summed E-state index contributed by atoms with van der Waals surface area (Å²) in [5, 5.41) is 4.65. The molecule has 8 nitrogen and oxygen atoms in total. The van der Waals surface area contributed by atoms with Crippen LogP contribution in [0.3, 0.4) is 0 Å². The van der Waals surface area contributed by atoms with Crippen LogP contribution in [-0.4, -0.2) is 56.9 Å². The highest BCUT2D eigenvalue weighted by molar-refractivity contribution is 7.85. The van der Waals surface area contributed by atoms with E-state index in [1.165, 1.54) is 41.3 Å². The van der Waals surface area contributed by atoms with Crippen molar-refractivity contribution in [1.82, 2.24) is 4.90 Å². The van der Waals surface area contributed by atoms with E-state index in [1.54, 1.807) is 14.2 Å². The molecule has 0 saturated carbocycles. The zero-order chi connectivity index (χ0) is 26.0. The summed E-state index contributed by atoms with van der Waals surface area (Å²) in [6.07, 6.45) is 5.50. The number of esters is 1. The predicted molar refractivity (Wildman–Crippen MR) is 140 cm³/mol. The number of nitrogens with zero attached hydrogens (tertiary/aromatic N) is 1. The van der Waals surface area contributed by atoms with Crippen LogP contribution in [0.15, 0.2) is 30.3 Å². The Morgan fingerprint density at radius 2 is 1.67 bits per heavy atom. The van der Waals surface area contributed by atoms with Gasteiger partial charge in [-0.2, -0.15) is 8.42 Å². The Morgan fingerprint density at radius 1 is 1.03 bits per heavy atom. The van der Waals surface area contributed by atoms with E-state index in [2.05, 4.69) is 23.1 Å². The van der Waals surface area contributed by atoms with E-state index in [4.69, 9.17) is 18.8 Å². The number of hydrogen-bond acceptors (Lipinski definition) is 7. The van der Waals surface area contributed by atoms with Crippen LogP contribution in [0, 0.1) is 0 Å². The van der Waals surface area contributed by atoms with Gasteiger partial charge < -0.3 is 14.2 Å². The predicted octanol–water partition coefficient (Wildman–Crippen LogP) is 4.74. The fraction of sp³-hybridized carbons (Fsp3) is 0.444. The van der Waals surface area contributed by atoms with Crippen molar-refractivity contribution in [3.8, 4) is 17.2 Å². The zero-order valence-electron chi connectivity index (χ0n) is 21.2. The monoisotopic (exact) mass is 515 g/mol. The van der Waals surface area contributed by atoms with Crippen molar-refractivity contribution in [3.05, 3.63) is 41.5 Å². The third kappa shape index (κ3) is 5.58. The maximum atomic E-state index is 12.1. The van der Waals surface area contributed by atoms with E-state index in [9.17, 15) is 13.2 Å². The van der Waals surface area contributed by atoms with Crippen LogP contribution in [-0.2, 0) is 27.9 Å². The van der Waals surface area contributed by atoms with Gasteiger partial charge in [0.15, 0.2) is 11.5 Å². The molecule has 3 aromatic rings. The first-order valence-electron chi connectivity index (χ1n) is 12.1. The van der Waals surface area contributed by atoms with Crippen molar-refractivity contribution < 1.29 is 32.0 Å². The molecule has 2 aliphatic rings. The summed E-state index contributed by atoms with van der Waals surface area (Å²) in [5.74, 6) is 1.86. The minimum Gasteiger partial charge on any atom is -0.493 e. The van der Waals surface area contributed by atoms with Gasteiger partial charge in [0.2, 0.25) is 0 Å². The summed E-state index contributed by atoms with van der Waals surface area (Å²) in [6, 6.07) is 10.9. The number of benzene rings is 3. The molecule has 2 heterocycles. The highest BCUT2D eigenvalue weighted by atomic mass is 32.2. The zero-order valence-corrected chi connectivity index (χ0v) is 22.0. The lowest BCUT2D eigenvalue weighted by Crippen LogP contribution is -2.35. The summed E-state index contributed by atoms with van der Waals surface area (Å²) in [5.41, 5.74) is 2.81. The van der Waals surface area contributed by atoms with Crippen LogP contribution in [0.5, 0.6) is 17.2 Å². The molecule has 36 heavy (non-hydrogen) atoms. The maximum Gasteiger partial charge on any atom is 0.311 e. The summed E-state index contributed by atoms with van der Waals surface area (Å²) in [7, 11) is -0.323. The molecular formula is C27H33NO7S. The first kappa shape index (κ1) is 26.2. The number of methoxy groups -OCH3 is 2. The van der Waals surface area contributed by atoms with Crippen LogP contribution in [0.25, 0.3) is 21.5 Å². The lowest BCUT2D eigenvalue weighted by molar-refractivity contribution is -0.134. The van der Waals surface area contributed by atoms with Crippen LogP contribution in [0.4, 0.5) is 0 Å². The van der Waals surface area contributed by atoms with Crippen molar-refractivity contribution in [2.24, 2.45) is 0 Å². The molecule has 5 rings (SSSR count). The number of fused-ring (bicyclic) bond motifs is 7. The molecule has 1 fully saturated rings. The second kappa shape index (κ2) is 10.6. The smallest absolute Gasteiger partial charge is 0.311 e. The quantitative estimate of drug-likeness (QED) is 0.225. The van der Waals surface area contributed by atoms with Gasteiger partial charge in [0.1, 0.15) is 5.75 Å². The number of ether oxygens (including phenoxy) is 3. The van der Waals surface area contributed by atoms with E-state index in [0.29, 0.717) is 30.2 Å². The third-order valence-electron chi connectivity index (χ3n) is 6.81. The van der Waals surface area contributed by atoms with Crippen LogP contribution < -0.4 is 14.2 Å². The molecule has 0 bridgehead atoms.